The number of hydrogen-bond acceptors (Lipinski definition) is 7. The molecule has 0 aliphatic carbocycles. The summed E-state index contributed by atoms with van der Waals surface area (Å²) in [5, 5.41) is 0. The van der Waals surface area contributed by atoms with Crippen LogP contribution < -0.4 is 9.47 Å². The van der Waals surface area contributed by atoms with Gasteiger partial charge < -0.3 is 14.2 Å². The van der Waals surface area contributed by atoms with E-state index >= 15 is 0 Å². The standard InChI is InChI=1S/C29H29F17N2O5/c1-2-3-4-5-6-7-12-50-17-14-47-22(48-15-17)18-9-10-19(21(31)20(18)30)51-13-8-11-49-16-23(32,33)52-28(43,44)29(45,46)53-27(41,42)25(36,37)24(34,35)26(38,39)40/h9-10,14-15H,2-8,11-13,16H2,1H3. The molecule has 2 aromatic rings. The zero-order valence-electron chi connectivity index (χ0n) is 26.9. The van der Waals surface area contributed by atoms with E-state index in [4.69, 9.17) is 9.47 Å². The topological polar surface area (TPSA) is 71.9 Å². The van der Waals surface area contributed by atoms with Crippen molar-refractivity contribution in [3.63, 3.8) is 0 Å². The molecule has 0 N–H and O–H groups in total. The van der Waals surface area contributed by atoms with Gasteiger partial charge in [-0.05, 0) is 18.6 Å². The Morgan fingerprint density at radius 3 is 1.70 bits per heavy atom. The first-order valence-electron chi connectivity index (χ1n) is 15.1. The Balaban J connectivity index is 1.87. The van der Waals surface area contributed by atoms with Crippen molar-refractivity contribution in [3.05, 3.63) is 36.2 Å². The zero-order valence-corrected chi connectivity index (χ0v) is 26.9. The molecular formula is C29H29F17N2O5. The first kappa shape index (κ1) is 45.7. The summed E-state index contributed by atoms with van der Waals surface area (Å²) in [5.74, 6) is -19.5. The molecule has 0 saturated carbocycles. The normalized spacial score (nSPS) is 13.8. The highest BCUT2D eigenvalue weighted by Crippen LogP contribution is 2.56. The minimum absolute atomic E-state index is 0.235. The lowest BCUT2D eigenvalue weighted by Gasteiger charge is -2.36. The predicted molar refractivity (Wildman–Crippen MR) is 145 cm³/mol. The fraction of sp³-hybridized carbons (Fsp3) is 0.655. The highest BCUT2D eigenvalue weighted by atomic mass is 19.4. The molecule has 2 rings (SSSR count). The molecule has 24 heteroatoms. The van der Waals surface area contributed by atoms with Crippen LogP contribution in [0.15, 0.2) is 24.5 Å². The number of halogens is 17. The molecule has 0 atom stereocenters. The Morgan fingerprint density at radius 1 is 0.566 bits per heavy atom. The predicted octanol–water partition coefficient (Wildman–Crippen LogP) is 10.2. The minimum atomic E-state index is -7.97. The number of unbranched alkanes of at least 4 members (excludes halogenated alkanes) is 5. The van der Waals surface area contributed by atoms with Crippen LogP contribution in [-0.4, -0.2) is 78.9 Å². The average Bonchev–Trinajstić information content (AvgIpc) is 3.03. The maximum absolute atomic E-state index is 14.7. The van der Waals surface area contributed by atoms with Crippen molar-refractivity contribution in [2.75, 3.05) is 26.4 Å². The zero-order chi connectivity index (χ0) is 40.5. The molecule has 1 aromatic carbocycles. The molecule has 0 aliphatic rings. The molecule has 0 spiro atoms. The number of nitrogens with zero attached hydrogens (tertiary/aromatic N) is 2. The lowest BCUT2D eigenvalue weighted by Crippen LogP contribution is -2.64. The first-order valence-corrected chi connectivity index (χ1v) is 15.1. The fourth-order valence-electron chi connectivity index (χ4n) is 3.87. The lowest BCUT2D eigenvalue weighted by molar-refractivity contribution is -0.543. The Morgan fingerprint density at radius 2 is 1.11 bits per heavy atom. The first-order chi connectivity index (χ1) is 24.2. The Kier molecular flexibility index (Phi) is 15.4. The van der Waals surface area contributed by atoms with Crippen LogP contribution in [-0.2, 0) is 14.2 Å². The van der Waals surface area contributed by atoms with Crippen LogP contribution >= 0.6 is 0 Å². The highest BCUT2D eigenvalue weighted by Gasteiger charge is 2.85. The number of aromatic nitrogens is 2. The number of ether oxygens (including phenoxy) is 5. The number of rotatable bonds is 23. The van der Waals surface area contributed by atoms with Crippen molar-refractivity contribution in [3.8, 4) is 22.9 Å². The molecule has 0 saturated heterocycles. The summed E-state index contributed by atoms with van der Waals surface area (Å²) in [4.78, 5) is 7.84. The maximum Gasteiger partial charge on any atom is 0.460 e. The van der Waals surface area contributed by atoms with E-state index in [9.17, 15) is 74.6 Å². The monoisotopic (exact) mass is 808 g/mol. The van der Waals surface area contributed by atoms with Crippen molar-refractivity contribution in [1.82, 2.24) is 9.97 Å². The van der Waals surface area contributed by atoms with Gasteiger partial charge in [-0.25, -0.2) is 23.8 Å². The van der Waals surface area contributed by atoms with E-state index in [1.807, 2.05) is 0 Å². The van der Waals surface area contributed by atoms with Crippen molar-refractivity contribution < 1.29 is 98.3 Å². The van der Waals surface area contributed by atoms with Gasteiger partial charge >= 0.3 is 42.5 Å². The smallest absolute Gasteiger partial charge is 0.460 e. The number of alkyl halides is 15. The van der Waals surface area contributed by atoms with Crippen molar-refractivity contribution in [1.29, 1.82) is 0 Å². The van der Waals surface area contributed by atoms with Gasteiger partial charge in [-0.1, -0.05) is 39.0 Å². The van der Waals surface area contributed by atoms with Crippen LogP contribution in [0.5, 0.6) is 11.5 Å². The van der Waals surface area contributed by atoms with Crippen molar-refractivity contribution >= 4 is 0 Å². The summed E-state index contributed by atoms with van der Waals surface area (Å²) in [5.41, 5.74) is -0.396. The van der Waals surface area contributed by atoms with Crippen LogP contribution in [0.25, 0.3) is 11.4 Å². The quantitative estimate of drug-likeness (QED) is 0.0818. The third-order valence-electron chi connectivity index (χ3n) is 6.63. The van der Waals surface area contributed by atoms with Gasteiger partial charge in [0.2, 0.25) is 5.82 Å². The van der Waals surface area contributed by atoms with Crippen LogP contribution in [0.4, 0.5) is 74.6 Å². The summed E-state index contributed by atoms with van der Waals surface area (Å²) in [6.07, 6.45) is -27.3. The van der Waals surface area contributed by atoms with Gasteiger partial charge in [-0.3, -0.25) is 0 Å². The molecular weight excluding hydrogens is 779 g/mol. The second kappa shape index (κ2) is 17.8. The van der Waals surface area contributed by atoms with Crippen molar-refractivity contribution in [2.45, 2.75) is 94.3 Å². The molecule has 0 aliphatic heterocycles. The van der Waals surface area contributed by atoms with Gasteiger partial charge in [0.25, 0.3) is 0 Å². The third-order valence-corrected chi connectivity index (χ3v) is 6.63. The summed E-state index contributed by atoms with van der Waals surface area (Å²) in [6, 6.07) is 1.95. The van der Waals surface area contributed by atoms with Crippen LogP contribution in [0.2, 0.25) is 0 Å². The molecule has 0 fully saturated rings. The van der Waals surface area contributed by atoms with E-state index in [-0.39, 0.29) is 11.6 Å². The highest BCUT2D eigenvalue weighted by molar-refractivity contribution is 5.57. The van der Waals surface area contributed by atoms with Crippen LogP contribution in [0.3, 0.4) is 0 Å². The molecule has 0 radical (unpaired) electrons. The molecule has 1 heterocycles. The molecule has 0 bridgehead atoms. The molecule has 7 nitrogen and oxygen atoms in total. The van der Waals surface area contributed by atoms with Gasteiger partial charge in [0, 0.05) is 6.42 Å². The average molecular weight is 809 g/mol. The van der Waals surface area contributed by atoms with Crippen molar-refractivity contribution in [2.24, 2.45) is 0 Å². The Labute approximate surface area is 288 Å². The van der Waals surface area contributed by atoms with Gasteiger partial charge in [0.05, 0.1) is 37.8 Å². The second-order valence-corrected chi connectivity index (χ2v) is 10.9. The van der Waals surface area contributed by atoms with Gasteiger partial charge in [0.1, 0.15) is 6.61 Å². The summed E-state index contributed by atoms with van der Waals surface area (Å²) < 4.78 is 244. The SMILES string of the molecule is CCCCCCCCOc1cnc(-c2ccc(OCCCOCC(F)(F)OC(F)(F)C(F)(F)OC(F)(F)C(F)(F)C(F)(F)C(F)(F)F)c(F)c2F)nc1. The van der Waals surface area contributed by atoms with E-state index < -0.39 is 91.6 Å². The summed E-state index contributed by atoms with van der Waals surface area (Å²) in [6.45, 7) is -1.56. The van der Waals surface area contributed by atoms with E-state index in [0.717, 1.165) is 50.7 Å². The fourth-order valence-corrected chi connectivity index (χ4v) is 3.87. The maximum atomic E-state index is 14.7. The van der Waals surface area contributed by atoms with Gasteiger partial charge in [-0.2, -0.15) is 70.2 Å². The lowest BCUT2D eigenvalue weighted by atomic mass is 10.1. The van der Waals surface area contributed by atoms with Gasteiger partial charge in [-0.15, -0.1) is 0 Å². The molecule has 0 amide bonds. The summed E-state index contributed by atoms with van der Waals surface area (Å²) >= 11 is 0. The van der Waals surface area contributed by atoms with E-state index in [0.29, 0.717) is 6.61 Å². The minimum Gasteiger partial charge on any atom is -0.490 e. The number of benzene rings is 1. The summed E-state index contributed by atoms with van der Waals surface area (Å²) in [7, 11) is 0. The Bertz CT molecular complexity index is 1440. The second-order valence-electron chi connectivity index (χ2n) is 10.9. The van der Waals surface area contributed by atoms with Crippen LogP contribution in [0.1, 0.15) is 51.9 Å². The molecule has 0 unspecified atom stereocenters. The van der Waals surface area contributed by atoms with Crippen LogP contribution in [0, 0.1) is 11.6 Å². The Hall–Kier alpha value is -3.41. The van der Waals surface area contributed by atoms with E-state index in [1.54, 1.807) is 0 Å². The van der Waals surface area contributed by atoms with E-state index in [2.05, 4.69) is 26.4 Å². The molecule has 304 valence electrons. The third kappa shape index (κ3) is 11.8. The molecule has 53 heavy (non-hydrogen) atoms. The van der Waals surface area contributed by atoms with Gasteiger partial charge in [0.15, 0.2) is 23.1 Å². The largest absolute Gasteiger partial charge is 0.490 e. The molecule has 1 aromatic heterocycles. The number of hydrogen-bond donors (Lipinski definition) is 0. The van der Waals surface area contributed by atoms with E-state index in [1.165, 1.54) is 17.1 Å².